The summed E-state index contributed by atoms with van der Waals surface area (Å²) in [5, 5.41) is 8.31. The third-order valence-corrected chi connectivity index (χ3v) is 4.03. The first-order valence-electron chi connectivity index (χ1n) is 6.98. The van der Waals surface area contributed by atoms with Crippen molar-refractivity contribution in [3.05, 3.63) is 53.9 Å². The van der Waals surface area contributed by atoms with E-state index in [-0.39, 0.29) is 0 Å². The minimum Gasteiger partial charge on any atom is -0.360 e. The van der Waals surface area contributed by atoms with Crippen LogP contribution in [0.25, 0.3) is 11.1 Å². The van der Waals surface area contributed by atoms with Gasteiger partial charge in [0.25, 0.3) is 0 Å². The van der Waals surface area contributed by atoms with Crippen molar-refractivity contribution >= 4 is 23.3 Å². The summed E-state index contributed by atoms with van der Waals surface area (Å²) in [6.45, 7) is 4.00. The third kappa shape index (κ3) is 2.99. The molecule has 0 aliphatic carbocycles. The average molecular weight is 311 g/mol. The fourth-order valence-electron chi connectivity index (χ4n) is 2.34. The van der Waals surface area contributed by atoms with Crippen LogP contribution in [-0.4, -0.2) is 16.4 Å². The lowest BCUT2D eigenvalue weighted by Gasteiger charge is -2.08. The van der Waals surface area contributed by atoms with Gasteiger partial charge in [-0.2, -0.15) is 0 Å². The first-order valence-corrected chi connectivity index (χ1v) is 8.20. The van der Waals surface area contributed by atoms with E-state index in [0.717, 1.165) is 33.4 Å². The van der Waals surface area contributed by atoms with Gasteiger partial charge in [0.2, 0.25) is 0 Å². The molecule has 0 fully saturated rings. The number of aryl methyl sites for hydroxylation is 2. The fraction of sp³-hybridized carbons (Fsp3) is 0.176. The highest BCUT2D eigenvalue weighted by molar-refractivity contribution is 7.98. The monoisotopic (exact) mass is 311 g/mol. The molecule has 1 N–H and O–H groups in total. The summed E-state index contributed by atoms with van der Waals surface area (Å²) in [7, 11) is 0. The summed E-state index contributed by atoms with van der Waals surface area (Å²) in [5.74, 6) is 1.62. The zero-order chi connectivity index (χ0) is 15.5. The highest BCUT2D eigenvalue weighted by atomic mass is 32.2. The number of nitrogens with one attached hydrogen (secondary N) is 1. The molecule has 0 aliphatic rings. The first kappa shape index (κ1) is 14.7. The Morgan fingerprint density at radius 3 is 2.77 bits per heavy atom. The van der Waals surface area contributed by atoms with E-state index in [1.54, 1.807) is 18.0 Å². The number of rotatable bonds is 4. The normalized spacial score (nSPS) is 10.7. The number of benzene rings is 1. The standard InChI is InChI=1S/C17H17N3OS/c1-11-5-4-6-14(9-11)19-15-10-13(7-8-18-15)16-12(2)21-20-17(16)22-3/h4-10H,1-3H3,(H,18,19). The van der Waals surface area contributed by atoms with Crippen LogP contribution in [-0.2, 0) is 0 Å². The molecule has 0 unspecified atom stereocenters. The minimum atomic E-state index is 0.802. The van der Waals surface area contributed by atoms with Crippen LogP contribution in [0.2, 0.25) is 0 Å². The number of pyridine rings is 1. The van der Waals surface area contributed by atoms with E-state index in [2.05, 4.69) is 34.5 Å². The number of anilines is 2. The second-order valence-corrected chi connectivity index (χ2v) is 5.84. The van der Waals surface area contributed by atoms with E-state index in [9.17, 15) is 0 Å². The van der Waals surface area contributed by atoms with Crippen LogP contribution in [0.15, 0.2) is 52.1 Å². The molecule has 112 valence electrons. The summed E-state index contributed by atoms with van der Waals surface area (Å²) in [5.41, 5.74) is 4.31. The molecule has 0 radical (unpaired) electrons. The van der Waals surface area contributed by atoms with Gasteiger partial charge < -0.3 is 9.84 Å². The summed E-state index contributed by atoms with van der Waals surface area (Å²) in [4.78, 5) is 4.39. The average Bonchev–Trinajstić information content (AvgIpc) is 2.88. The Hall–Kier alpha value is -2.27. The van der Waals surface area contributed by atoms with Gasteiger partial charge >= 0.3 is 0 Å². The molecule has 5 heteroatoms. The van der Waals surface area contributed by atoms with Crippen LogP contribution in [0.5, 0.6) is 0 Å². The molecule has 22 heavy (non-hydrogen) atoms. The maximum absolute atomic E-state index is 5.30. The summed E-state index contributed by atoms with van der Waals surface area (Å²) in [6.07, 6.45) is 3.79. The predicted octanol–water partition coefficient (Wildman–Crippen LogP) is 4.82. The maximum Gasteiger partial charge on any atom is 0.147 e. The lowest BCUT2D eigenvalue weighted by Crippen LogP contribution is -1.94. The Kier molecular flexibility index (Phi) is 4.15. The first-order chi connectivity index (χ1) is 10.7. The molecule has 0 saturated carbocycles. The van der Waals surface area contributed by atoms with Gasteiger partial charge in [0.05, 0.1) is 5.56 Å². The minimum absolute atomic E-state index is 0.802. The molecule has 3 aromatic rings. The second kappa shape index (κ2) is 6.23. The summed E-state index contributed by atoms with van der Waals surface area (Å²) < 4.78 is 5.30. The third-order valence-electron chi connectivity index (χ3n) is 3.36. The van der Waals surface area contributed by atoms with Crippen molar-refractivity contribution in [1.82, 2.24) is 10.1 Å². The van der Waals surface area contributed by atoms with Crippen molar-refractivity contribution in [2.75, 3.05) is 11.6 Å². The van der Waals surface area contributed by atoms with Crippen LogP contribution in [0.3, 0.4) is 0 Å². The van der Waals surface area contributed by atoms with E-state index < -0.39 is 0 Å². The number of aromatic nitrogens is 2. The van der Waals surface area contributed by atoms with Crippen molar-refractivity contribution < 1.29 is 4.52 Å². The molecule has 0 saturated heterocycles. The molecule has 3 rings (SSSR count). The van der Waals surface area contributed by atoms with Gasteiger partial charge in [-0.1, -0.05) is 17.3 Å². The van der Waals surface area contributed by atoms with E-state index in [4.69, 9.17) is 4.52 Å². The number of hydrogen-bond donors (Lipinski definition) is 1. The zero-order valence-corrected chi connectivity index (χ0v) is 13.6. The topological polar surface area (TPSA) is 51.0 Å². The molecule has 0 aliphatic heterocycles. The van der Waals surface area contributed by atoms with Crippen LogP contribution in [0, 0.1) is 13.8 Å². The molecule has 0 bridgehead atoms. The van der Waals surface area contributed by atoms with Crippen molar-refractivity contribution in [1.29, 1.82) is 0 Å². The predicted molar refractivity (Wildman–Crippen MR) is 90.7 cm³/mol. The maximum atomic E-state index is 5.30. The number of thioether (sulfide) groups is 1. The van der Waals surface area contributed by atoms with Gasteiger partial charge in [-0.3, -0.25) is 0 Å². The Labute approximate surface area is 133 Å². The molecular formula is C17H17N3OS. The highest BCUT2D eigenvalue weighted by Gasteiger charge is 2.14. The molecule has 0 amide bonds. The number of hydrogen-bond acceptors (Lipinski definition) is 5. The van der Waals surface area contributed by atoms with Crippen molar-refractivity contribution in [2.45, 2.75) is 18.9 Å². The van der Waals surface area contributed by atoms with Gasteiger partial charge in [-0.05, 0) is 55.5 Å². The summed E-state index contributed by atoms with van der Waals surface area (Å²) in [6, 6.07) is 12.2. The quantitative estimate of drug-likeness (QED) is 0.700. The molecular weight excluding hydrogens is 294 g/mol. The van der Waals surface area contributed by atoms with Gasteiger partial charge in [-0.15, -0.1) is 11.8 Å². The molecule has 0 atom stereocenters. The SMILES string of the molecule is CSc1noc(C)c1-c1ccnc(Nc2cccc(C)c2)c1. The van der Waals surface area contributed by atoms with Gasteiger partial charge in [-0.25, -0.2) is 4.98 Å². The van der Waals surface area contributed by atoms with Crippen LogP contribution >= 0.6 is 11.8 Å². The summed E-state index contributed by atoms with van der Waals surface area (Å²) >= 11 is 1.58. The van der Waals surface area contributed by atoms with E-state index >= 15 is 0 Å². The Morgan fingerprint density at radius 1 is 1.14 bits per heavy atom. The molecule has 4 nitrogen and oxygen atoms in total. The van der Waals surface area contributed by atoms with Gasteiger partial charge in [0, 0.05) is 11.9 Å². The Morgan fingerprint density at radius 2 is 2.00 bits per heavy atom. The van der Waals surface area contributed by atoms with E-state index in [1.165, 1.54) is 5.56 Å². The molecule has 2 aromatic heterocycles. The van der Waals surface area contributed by atoms with E-state index in [1.807, 2.05) is 37.4 Å². The van der Waals surface area contributed by atoms with Crippen molar-refractivity contribution in [3.8, 4) is 11.1 Å². The Balaban J connectivity index is 1.94. The fourth-order valence-corrected chi connectivity index (χ4v) is 2.92. The molecule has 1 aromatic carbocycles. The lowest BCUT2D eigenvalue weighted by molar-refractivity contribution is 0.384. The number of nitrogens with zero attached hydrogens (tertiary/aromatic N) is 2. The van der Waals surface area contributed by atoms with Crippen LogP contribution in [0.4, 0.5) is 11.5 Å². The largest absolute Gasteiger partial charge is 0.360 e. The second-order valence-electron chi connectivity index (χ2n) is 5.05. The molecule has 0 spiro atoms. The zero-order valence-electron chi connectivity index (χ0n) is 12.8. The van der Waals surface area contributed by atoms with Crippen molar-refractivity contribution in [3.63, 3.8) is 0 Å². The van der Waals surface area contributed by atoms with Gasteiger partial charge in [0.15, 0.2) is 0 Å². The Bertz CT molecular complexity index is 798. The lowest BCUT2D eigenvalue weighted by atomic mass is 10.1. The van der Waals surface area contributed by atoms with Crippen LogP contribution < -0.4 is 5.32 Å². The van der Waals surface area contributed by atoms with E-state index in [0.29, 0.717) is 0 Å². The van der Waals surface area contributed by atoms with Crippen LogP contribution in [0.1, 0.15) is 11.3 Å². The molecule has 2 heterocycles. The van der Waals surface area contributed by atoms with Crippen molar-refractivity contribution in [2.24, 2.45) is 0 Å². The highest BCUT2D eigenvalue weighted by Crippen LogP contribution is 2.33. The smallest absolute Gasteiger partial charge is 0.147 e. The van der Waals surface area contributed by atoms with Gasteiger partial charge in [0.1, 0.15) is 16.6 Å².